The molecule has 0 radical (unpaired) electrons. The minimum absolute atomic E-state index is 0.00338. The van der Waals surface area contributed by atoms with Gasteiger partial charge in [0.2, 0.25) is 0 Å². The summed E-state index contributed by atoms with van der Waals surface area (Å²) in [6.07, 6.45) is 0.722. The first kappa shape index (κ1) is 16.4. The van der Waals surface area contributed by atoms with E-state index in [1.54, 1.807) is 0 Å². The molecule has 4 heteroatoms. The molecule has 0 saturated heterocycles. The Hall–Kier alpha value is -2.49. The Morgan fingerprint density at radius 2 is 2.04 bits per heavy atom. The van der Waals surface area contributed by atoms with E-state index in [0.717, 1.165) is 23.3 Å². The fourth-order valence-electron chi connectivity index (χ4n) is 3.02. The molecule has 1 atom stereocenters. The third-order valence-electron chi connectivity index (χ3n) is 4.07. The van der Waals surface area contributed by atoms with Gasteiger partial charge in [0.15, 0.2) is 6.61 Å². The Kier molecular flexibility index (Phi) is 4.47. The molecule has 126 valence electrons. The van der Waals surface area contributed by atoms with E-state index < -0.39 is 0 Å². The molecular formula is C20H23NO3. The van der Waals surface area contributed by atoms with Crippen molar-refractivity contribution in [3.8, 4) is 11.5 Å². The van der Waals surface area contributed by atoms with Crippen LogP contribution in [0.3, 0.4) is 0 Å². The van der Waals surface area contributed by atoms with Crippen molar-refractivity contribution in [3.05, 3.63) is 59.7 Å². The third-order valence-corrected chi connectivity index (χ3v) is 4.07. The molecule has 0 aliphatic carbocycles. The zero-order valence-corrected chi connectivity index (χ0v) is 14.3. The van der Waals surface area contributed by atoms with Crippen molar-refractivity contribution in [2.75, 3.05) is 6.61 Å². The lowest BCUT2D eigenvalue weighted by Gasteiger charge is -2.37. The van der Waals surface area contributed by atoms with E-state index in [9.17, 15) is 4.79 Å². The van der Waals surface area contributed by atoms with Crippen LogP contribution in [-0.4, -0.2) is 18.1 Å². The summed E-state index contributed by atoms with van der Waals surface area (Å²) in [5, 5.41) is 3.07. The largest absolute Gasteiger partial charge is 0.487 e. The van der Waals surface area contributed by atoms with Gasteiger partial charge >= 0.3 is 0 Å². The Morgan fingerprint density at radius 1 is 1.25 bits per heavy atom. The molecule has 1 aliphatic rings. The fourth-order valence-corrected chi connectivity index (χ4v) is 3.02. The molecule has 1 heterocycles. The van der Waals surface area contributed by atoms with E-state index >= 15 is 0 Å². The molecule has 1 N–H and O–H groups in total. The van der Waals surface area contributed by atoms with Gasteiger partial charge in [-0.2, -0.15) is 0 Å². The molecule has 0 spiro atoms. The van der Waals surface area contributed by atoms with Gasteiger partial charge in [-0.3, -0.25) is 4.79 Å². The van der Waals surface area contributed by atoms with Gasteiger partial charge in [-0.1, -0.05) is 30.3 Å². The Morgan fingerprint density at radius 3 is 2.83 bits per heavy atom. The first-order chi connectivity index (χ1) is 11.4. The zero-order chi connectivity index (χ0) is 17.2. The van der Waals surface area contributed by atoms with Crippen molar-refractivity contribution in [3.63, 3.8) is 0 Å². The molecule has 0 bridgehead atoms. The number of hydrogen-bond acceptors (Lipinski definition) is 3. The van der Waals surface area contributed by atoms with E-state index in [1.165, 1.54) is 0 Å². The number of carbonyl (C=O) groups excluding carboxylic acids is 1. The Balaban J connectivity index is 1.65. The van der Waals surface area contributed by atoms with Crippen LogP contribution in [0.5, 0.6) is 11.5 Å². The van der Waals surface area contributed by atoms with Crippen LogP contribution in [0, 0.1) is 6.92 Å². The number of aryl methyl sites for hydroxylation is 1. The normalized spacial score (nSPS) is 18.2. The highest BCUT2D eigenvalue weighted by molar-refractivity contribution is 5.78. The Bertz CT molecular complexity index is 739. The maximum atomic E-state index is 12.3. The van der Waals surface area contributed by atoms with Gasteiger partial charge in [0.1, 0.15) is 17.1 Å². The van der Waals surface area contributed by atoms with Crippen LogP contribution in [0.25, 0.3) is 0 Å². The number of amides is 1. The number of rotatable bonds is 4. The number of carbonyl (C=O) groups is 1. The molecule has 2 aromatic carbocycles. The van der Waals surface area contributed by atoms with Gasteiger partial charge in [0, 0.05) is 12.0 Å². The molecule has 24 heavy (non-hydrogen) atoms. The first-order valence-corrected chi connectivity index (χ1v) is 8.20. The van der Waals surface area contributed by atoms with Crippen LogP contribution >= 0.6 is 0 Å². The fraction of sp³-hybridized carbons (Fsp3) is 0.350. The minimum atomic E-state index is -0.316. The standard InChI is InChI=1S/C20H23NO3/c1-14-7-6-8-15(11-14)23-13-19(22)21-17-12-20(2,3)24-18-10-5-4-9-16(17)18/h4-11,17H,12-13H2,1-3H3,(H,21,22)/t17-/m0/s1. The molecule has 0 aromatic heterocycles. The van der Waals surface area contributed by atoms with Crippen molar-refractivity contribution in [1.29, 1.82) is 0 Å². The molecule has 0 saturated carbocycles. The molecule has 1 aliphatic heterocycles. The molecule has 4 nitrogen and oxygen atoms in total. The van der Waals surface area contributed by atoms with Gasteiger partial charge < -0.3 is 14.8 Å². The second kappa shape index (κ2) is 6.56. The molecule has 1 amide bonds. The average Bonchev–Trinajstić information content (AvgIpc) is 2.52. The summed E-state index contributed by atoms with van der Waals surface area (Å²) in [5.41, 5.74) is 1.80. The maximum Gasteiger partial charge on any atom is 0.258 e. The first-order valence-electron chi connectivity index (χ1n) is 8.20. The highest BCUT2D eigenvalue weighted by Crippen LogP contribution is 2.39. The highest BCUT2D eigenvalue weighted by atomic mass is 16.5. The maximum absolute atomic E-state index is 12.3. The lowest BCUT2D eigenvalue weighted by molar-refractivity contribution is -0.124. The van der Waals surface area contributed by atoms with Crippen LogP contribution in [-0.2, 0) is 4.79 Å². The van der Waals surface area contributed by atoms with Crippen LogP contribution in [0.1, 0.15) is 37.4 Å². The number of fused-ring (bicyclic) bond motifs is 1. The van der Waals surface area contributed by atoms with Gasteiger partial charge in [0.25, 0.3) is 5.91 Å². The Labute approximate surface area is 142 Å². The summed E-state index contributed by atoms with van der Waals surface area (Å²) < 4.78 is 11.6. The molecule has 3 rings (SSSR count). The molecule has 0 unspecified atom stereocenters. The smallest absolute Gasteiger partial charge is 0.258 e. The van der Waals surface area contributed by atoms with E-state index in [2.05, 4.69) is 5.32 Å². The summed E-state index contributed by atoms with van der Waals surface area (Å²) in [5.74, 6) is 1.41. The average molecular weight is 325 g/mol. The van der Waals surface area contributed by atoms with Crippen molar-refractivity contribution in [2.45, 2.75) is 38.8 Å². The number of hydrogen-bond donors (Lipinski definition) is 1. The summed E-state index contributed by atoms with van der Waals surface area (Å²) in [6.45, 7) is 6.06. The third kappa shape index (κ3) is 3.88. The number of para-hydroxylation sites is 1. The lowest BCUT2D eigenvalue weighted by atomic mass is 9.90. The topological polar surface area (TPSA) is 47.6 Å². The summed E-state index contributed by atoms with van der Waals surface area (Å²) in [6, 6.07) is 15.5. The summed E-state index contributed by atoms with van der Waals surface area (Å²) in [4.78, 5) is 12.3. The molecule has 2 aromatic rings. The van der Waals surface area contributed by atoms with E-state index in [1.807, 2.05) is 69.3 Å². The zero-order valence-electron chi connectivity index (χ0n) is 14.3. The van der Waals surface area contributed by atoms with Gasteiger partial charge in [0.05, 0.1) is 6.04 Å². The number of ether oxygens (including phenoxy) is 2. The van der Waals surface area contributed by atoms with Crippen molar-refractivity contribution < 1.29 is 14.3 Å². The van der Waals surface area contributed by atoms with Crippen LogP contribution in [0.4, 0.5) is 0 Å². The van der Waals surface area contributed by atoms with Crippen LogP contribution in [0.2, 0.25) is 0 Å². The number of benzene rings is 2. The van der Waals surface area contributed by atoms with Crippen LogP contribution < -0.4 is 14.8 Å². The predicted molar refractivity (Wildman–Crippen MR) is 93.3 cm³/mol. The minimum Gasteiger partial charge on any atom is -0.487 e. The molecule has 0 fully saturated rings. The van der Waals surface area contributed by atoms with E-state index in [-0.39, 0.29) is 24.2 Å². The predicted octanol–water partition coefficient (Wildman–Crippen LogP) is 3.79. The van der Waals surface area contributed by atoms with Crippen LogP contribution in [0.15, 0.2) is 48.5 Å². The second-order valence-corrected chi connectivity index (χ2v) is 6.83. The van der Waals surface area contributed by atoms with E-state index in [4.69, 9.17) is 9.47 Å². The lowest BCUT2D eigenvalue weighted by Crippen LogP contribution is -2.42. The van der Waals surface area contributed by atoms with E-state index in [0.29, 0.717) is 5.75 Å². The molecular weight excluding hydrogens is 302 g/mol. The van der Waals surface area contributed by atoms with Crippen molar-refractivity contribution in [2.24, 2.45) is 0 Å². The SMILES string of the molecule is Cc1cccc(OCC(=O)N[C@H]2CC(C)(C)Oc3ccccc32)c1. The monoisotopic (exact) mass is 325 g/mol. The number of nitrogens with one attached hydrogen (secondary N) is 1. The highest BCUT2D eigenvalue weighted by Gasteiger charge is 2.34. The second-order valence-electron chi connectivity index (χ2n) is 6.83. The quantitative estimate of drug-likeness (QED) is 0.930. The van der Waals surface area contributed by atoms with Gasteiger partial charge in [-0.05, 0) is 44.5 Å². The van der Waals surface area contributed by atoms with Crippen molar-refractivity contribution >= 4 is 5.91 Å². The van der Waals surface area contributed by atoms with Gasteiger partial charge in [-0.25, -0.2) is 0 Å². The van der Waals surface area contributed by atoms with Gasteiger partial charge in [-0.15, -0.1) is 0 Å². The summed E-state index contributed by atoms with van der Waals surface area (Å²) >= 11 is 0. The van der Waals surface area contributed by atoms with Crippen molar-refractivity contribution in [1.82, 2.24) is 5.32 Å². The summed E-state index contributed by atoms with van der Waals surface area (Å²) in [7, 11) is 0.